The number of carbonyl (C=O) groups excluding carboxylic acids is 1. The summed E-state index contributed by atoms with van der Waals surface area (Å²) in [5.74, 6) is 1.27. The van der Waals surface area contributed by atoms with Gasteiger partial charge in [-0.05, 0) is 58.3 Å². The van der Waals surface area contributed by atoms with Crippen LogP contribution in [-0.2, 0) is 4.79 Å². The van der Waals surface area contributed by atoms with Gasteiger partial charge in [0.2, 0.25) is 5.91 Å². The third kappa shape index (κ3) is 3.69. The third-order valence-electron chi connectivity index (χ3n) is 4.39. The van der Waals surface area contributed by atoms with E-state index in [1.54, 1.807) is 0 Å². The second-order valence-corrected chi connectivity index (χ2v) is 6.01. The Bertz CT molecular complexity index is 268. The molecule has 0 aromatic carbocycles. The van der Waals surface area contributed by atoms with Gasteiger partial charge in [-0.3, -0.25) is 4.79 Å². The number of rotatable bonds is 3. The number of likely N-dealkylation sites (tertiary alicyclic amines) is 1. The lowest BCUT2D eigenvalue weighted by Crippen LogP contribution is -2.44. The van der Waals surface area contributed by atoms with Crippen LogP contribution in [0.25, 0.3) is 0 Å². The summed E-state index contributed by atoms with van der Waals surface area (Å²) in [4.78, 5) is 16.7. The minimum Gasteiger partial charge on any atom is -0.345 e. The first kappa shape index (κ1) is 13.8. The van der Waals surface area contributed by atoms with E-state index in [4.69, 9.17) is 0 Å². The van der Waals surface area contributed by atoms with Crippen LogP contribution in [-0.4, -0.2) is 62.5 Å². The first-order valence-electron chi connectivity index (χ1n) is 7.31. The first-order chi connectivity index (χ1) is 8.66. The van der Waals surface area contributed by atoms with Gasteiger partial charge < -0.3 is 15.1 Å². The van der Waals surface area contributed by atoms with Crippen molar-refractivity contribution in [3.8, 4) is 0 Å². The highest BCUT2D eigenvalue weighted by molar-refractivity contribution is 5.78. The predicted molar refractivity (Wildman–Crippen MR) is 73.5 cm³/mol. The standard InChI is InChI=1S/C14H27N3O/c1-16-8-5-12(6-9-16)11-17(2)14(18)13-4-3-7-15-10-13/h12-13,15H,3-11H2,1-2H3. The van der Waals surface area contributed by atoms with Crippen LogP contribution in [0.1, 0.15) is 25.7 Å². The zero-order valence-corrected chi connectivity index (χ0v) is 11.8. The SMILES string of the molecule is CN1CCC(CN(C)C(=O)C2CCCNC2)CC1. The van der Waals surface area contributed by atoms with Crippen LogP contribution in [0.3, 0.4) is 0 Å². The van der Waals surface area contributed by atoms with Crippen molar-refractivity contribution in [1.29, 1.82) is 0 Å². The van der Waals surface area contributed by atoms with Crippen LogP contribution < -0.4 is 5.32 Å². The molecule has 4 nitrogen and oxygen atoms in total. The van der Waals surface area contributed by atoms with Crippen molar-refractivity contribution in [1.82, 2.24) is 15.1 Å². The monoisotopic (exact) mass is 253 g/mol. The average molecular weight is 253 g/mol. The molecule has 4 heteroatoms. The van der Waals surface area contributed by atoms with Gasteiger partial charge in [-0.1, -0.05) is 0 Å². The summed E-state index contributed by atoms with van der Waals surface area (Å²) >= 11 is 0. The summed E-state index contributed by atoms with van der Waals surface area (Å²) in [5, 5.41) is 3.33. The van der Waals surface area contributed by atoms with Gasteiger partial charge in [0.1, 0.15) is 0 Å². The van der Waals surface area contributed by atoms with E-state index in [1.165, 1.54) is 25.9 Å². The molecule has 2 rings (SSSR count). The molecule has 2 heterocycles. The molecule has 1 atom stereocenters. The first-order valence-corrected chi connectivity index (χ1v) is 7.31. The molecule has 1 amide bonds. The molecule has 0 saturated carbocycles. The second kappa shape index (κ2) is 6.53. The lowest BCUT2D eigenvalue weighted by Gasteiger charge is -2.33. The molecule has 2 fully saturated rings. The maximum Gasteiger partial charge on any atom is 0.226 e. The number of piperidine rings is 2. The summed E-state index contributed by atoms with van der Waals surface area (Å²) < 4.78 is 0. The Morgan fingerprint density at radius 2 is 2.06 bits per heavy atom. The molecule has 0 aromatic heterocycles. The highest BCUT2D eigenvalue weighted by atomic mass is 16.2. The summed E-state index contributed by atoms with van der Waals surface area (Å²) in [6.07, 6.45) is 4.66. The van der Waals surface area contributed by atoms with E-state index in [1.807, 2.05) is 11.9 Å². The Morgan fingerprint density at radius 3 is 2.67 bits per heavy atom. The summed E-state index contributed by atoms with van der Waals surface area (Å²) in [6, 6.07) is 0. The van der Waals surface area contributed by atoms with Crippen LogP contribution in [0.5, 0.6) is 0 Å². The molecular formula is C14H27N3O. The zero-order valence-electron chi connectivity index (χ0n) is 11.8. The Labute approximate surface area is 111 Å². The molecule has 104 valence electrons. The fourth-order valence-electron chi connectivity index (χ4n) is 3.10. The smallest absolute Gasteiger partial charge is 0.226 e. The molecule has 2 aliphatic rings. The van der Waals surface area contributed by atoms with E-state index in [0.717, 1.165) is 32.5 Å². The van der Waals surface area contributed by atoms with Gasteiger partial charge in [-0.15, -0.1) is 0 Å². The van der Waals surface area contributed by atoms with Gasteiger partial charge in [0.25, 0.3) is 0 Å². The summed E-state index contributed by atoms with van der Waals surface area (Å²) in [7, 11) is 4.16. The summed E-state index contributed by atoms with van der Waals surface area (Å²) in [6.45, 7) is 5.25. The minimum absolute atomic E-state index is 0.218. The fraction of sp³-hybridized carbons (Fsp3) is 0.929. The molecule has 1 N–H and O–H groups in total. The van der Waals surface area contributed by atoms with Crippen molar-refractivity contribution in [3.63, 3.8) is 0 Å². The Balaban J connectivity index is 1.76. The molecule has 0 aliphatic carbocycles. The largest absolute Gasteiger partial charge is 0.345 e. The van der Waals surface area contributed by atoms with E-state index < -0.39 is 0 Å². The molecular weight excluding hydrogens is 226 g/mol. The van der Waals surface area contributed by atoms with Crippen LogP contribution in [0.15, 0.2) is 0 Å². The Hall–Kier alpha value is -0.610. The van der Waals surface area contributed by atoms with E-state index in [2.05, 4.69) is 17.3 Å². The van der Waals surface area contributed by atoms with Crippen molar-refractivity contribution in [2.75, 3.05) is 46.8 Å². The Morgan fingerprint density at radius 1 is 1.33 bits per heavy atom. The maximum atomic E-state index is 12.3. The number of hydrogen-bond acceptors (Lipinski definition) is 3. The number of hydrogen-bond donors (Lipinski definition) is 1. The highest BCUT2D eigenvalue weighted by Crippen LogP contribution is 2.19. The van der Waals surface area contributed by atoms with Crippen molar-refractivity contribution in [2.45, 2.75) is 25.7 Å². The molecule has 18 heavy (non-hydrogen) atoms. The quantitative estimate of drug-likeness (QED) is 0.807. The molecule has 0 bridgehead atoms. The number of nitrogens with zero attached hydrogens (tertiary/aromatic N) is 2. The molecule has 0 aromatic rings. The number of nitrogens with one attached hydrogen (secondary N) is 1. The third-order valence-corrected chi connectivity index (χ3v) is 4.39. The van der Waals surface area contributed by atoms with Gasteiger partial charge in [0, 0.05) is 20.1 Å². The number of carbonyl (C=O) groups is 1. The van der Waals surface area contributed by atoms with Gasteiger partial charge >= 0.3 is 0 Å². The van der Waals surface area contributed by atoms with Crippen LogP contribution in [0.4, 0.5) is 0 Å². The van der Waals surface area contributed by atoms with E-state index >= 15 is 0 Å². The van der Waals surface area contributed by atoms with Gasteiger partial charge in [-0.25, -0.2) is 0 Å². The molecule has 2 saturated heterocycles. The average Bonchev–Trinajstić information content (AvgIpc) is 2.41. The minimum atomic E-state index is 0.218. The van der Waals surface area contributed by atoms with Crippen molar-refractivity contribution >= 4 is 5.91 Å². The molecule has 0 spiro atoms. The van der Waals surface area contributed by atoms with Gasteiger partial charge in [-0.2, -0.15) is 0 Å². The highest BCUT2D eigenvalue weighted by Gasteiger charge is 2.26. The maximum absolute atomic E-state index is 12.3. The van der Waals surface area contributed by atoms with Crippen molar-refractivity contribution in [3.05, 3.63) is 0 Å². The van der Waals surface area contributed by atoms with Gasteiger partial charge in [0.15, 0.2) is 0 Å². The number of amides is 1. The normalized spacial score (nSPS) is 27.1. The zero-order chi connectivity index (χ0) is 13.0. The lowest BCUT2D eigenvalue weighted by molar-refractivity contribution is -0.135. The second-order valence-electron chi connectivity index (χ2n) is 6.01. The lowest BCUT2D eigenvalue weighted by atomic mass is 9.94. The summed E-state index contributed by atoms with van der Waals surface area (Å²) in [5.41, 5.74) is 0. The topological polar surface area (TPSA) is 35.6 Å². The van der Waals surface area contributed by atoms with E-state index in [0.29, 0.717) is 11.8 Å². The molecule has 1 unspecified atom stereocenters. The van der Waals surface area contributed by atoms with E-state index in [-0.39, 0.29) is 5.92 Å². The van der Waals surface area contributed by atoms with E-state index in [9.17, 15) is 4.79 Å². The van der Waals surface area contributed by atoms with Crippen LogP contribution in [0, 0.1) is 11.8 Å². The van der Waals surface area contributed by atoms with Gasteiger partial charge in [0.05, 0.1) is 5.92 Å². The molecule has 2 aliphatic heterocycles. The van der Waals surface area contributed by atoms with Crippen LogP contribution in [0.2, 0.25) is 0 Å². The van der Waals surface area contributed by atoms with Crippen molar-refractivity contribution in [2.24, 2.45) is 11.8 Å². The molecule has 0 radical (unpaired) electrons. The van der Waals surface area contributed by atoms with Crippen LogP contribution >= 0.6 is 0 Å². The predicted octanol–water partition coefficient (Wildman–Crippen LogP) is 0.786. The Kier molecular flexibility index (Phi) is 5.01. The van der Waals surface area contributed by atoms with Crippen molar-refractivity contribution < 1.29 is 4.79 Å². The fourth-order valence-corrected chi connectivity index (χ4v) is 3.10.